The predicted molar refractivity (Wildman–Crippen MR) is 80.6 cm³/mol. The number of amides is 1. The minimum atomic E-state index is -0.538. The number of hydrogen-bond donors (Lipinski definition) is 1. The van der Waals surface area contributed by atoms with Gasteiger partial charge in [-0.15, -0.1) is 0 Å². The van der Waals surface area contributed by atoms with Crippen LogP contribution in [0.1, 0.15) is 39.3 Å². The Morgan fingerprint density at radius 2 is 1.90 bits per heavy atom. The highest BCUT2D eigenvalue weighted by Crippen LogP contribution is 2.35. The number of carbonyl (C=O) groups excluding carboxylic acids is 1. The van der Waals surface area contributed by atoms with E-state index in [0.717, 1.165) is 5.56 Å². The molecule has 1 aromatic rings. The van der Waals surface area contributed by atoms with E-state index in [2.05, 4.69) is 5.32 Å². The van der Waals surface area contributed by atoms with Gasteiger partial charge in [-0.2, -0.15) is 0 Å². The second-order valence-corrected chi connectivity index (χ2v) is 5.97. The lowest BCUT2D eigenvalue weighted by atomic mass is 9.91. The molecule has 1 aromatic carbocycles. The van der Waals surface area contributed by atoms with E-state index in [4.69, 9.17) is 22.1 Å². The second-order valence-electron chi connectivity index (χ2n) is 5.97. The fraction of sp³-hybridized carbons (Fsp3) is 0.533. The summed E-state index contributed by atoms with van der Waals surface area (Å²) in [6.45, 7) is 8.24. The van der Waals surface area contributed by atoms with Gasteiger partial charge in [-0.1, -0.05) is 17.6 Å². The molecule has 1 heterocycles. The summed E-state index contributed by atoms with van der Waals surface area (Å²) >= 11 is 0. The zero-order valence-corrected chi connectivity index (χ0v) is 12.9. The summed E-state index contributed by atoms with van der Waals surface area (Å²) in [7, 11) is 5.88. The summed E-state index contributed by atoms with van der Waals surface area (Å²) in [5, 5.41) is 2.78. The monoisotopic (exact) mass is 289 g/mol. The van der Waals surface area contributed by atoms with Crippen molar-refractivity contribution in [3.63, 3.8) is 0 Å². The maximum Gasteiger partial charge on any atom is 0.408 e. The third-order valence-electron chi connectivity index (χ3n) is 2.95. The SMILES string of the molecule is [B]c1ccc(C(C)NC(=O)OC(C)(C)C)c2c1OCCO2. The van der Waals surface area contributed by atoms with Crippen LogP contribution < -0.4 is 20.3 Å². The third kappa shape index (κ3) is 3.83. The van der Waals surface area contributed by atoms with Gasteiger partial charge in [0.25, 0.3) is 0 Å². The molecule has 0 saturated carbocycles. The first-order valence-electron chi connectivity index (χ1n) is 6.95. The number of alkyl carbamates (subject to hydrolysis) is 1. The molecular weight excluding hydrogens is 269 g/mol. The molecule has 21 heavy (non-hydrogen) atoms. The number of carbonyl (C=O) groups is 1. The number of ether oxygens (including phenoxy) is 3. The maximum atomic E-state index is 11.8. The van der Waals surface area contributed by atoms with Crippen molar-refractivity contribution in [1.82, 2.24) is 5.32 Å². The van der Waals surface area contributed by atoms with E-state index in [1.165, 1.54) is 0 Å². The fourth-order valence-corrected chi connectivity index (χ4v) is 2.08. The van der Waals surface area contributed by atoms with Gasteiger partial charge in [0.05, 0.1) is 6.04 Å². The molecule has 1 atom stereocenters. The summed E-state index contributed by atoms with van der Waals surface area (Å²) in [6, 6.07) is 3.29. The van der Waals surface area contributed by atoms with Gasteiger partial charge in [-0.05, 0) is 27.7 Å². The number of benzene rings is 1. The number of hydrogen-bond acceptors (Lipinski definition) is 4. The minimum Gasteiger partial charge on any atom is -0.487 e. The Labute approximate surface area is 126 Å². The van der Waals surface area contributed by atoms with Crippen LogP contribution in [0.4, 0.5) is 4.79 Å². The van der Waals surface area contributed by atoms with Gasteiger partial charge in [0, 0.05) is 5.56 Å². The molecule has 0 bridgehead atoms. The molecular formula is C15H20BNO4. The Bertz CT molecular complexity index is 539. The van der Waals surface area contributed by atoms with Crippen LogP contribution in [0.5, 0.6) is 11.5 Å². The summed E-state index contributed by atoms with van der Waals surface area (Å²) < 4.78 is 16.4. The molecule has 0 spiro atoms. The highest BCUT2D eigenvalue weighted by molar-refractivity contribution is 6.34. The third-order valence-corrected chi connectivity index (χ3v) is 2.95. The molecule has 1 aliphatic rings. The van der Waals surface area contributed by atoms with Crippen molar-refractivity contribution in [2.24, 2.45) is 0 Å². The molecule has 2 radical (unpaired) electrons. The van der Waals surface area contributed by atoms with Crippen molar-refractivity contribution in [3.8, 4) is 11.5 Å². The molecule has 0 fully saturated rings. The van der Waals surface area contributed by atoms with Gasteiger partial charge in [-0.3, -0.25) is 0 Å². The standard InChI is InChI=1S/C15H20BNO4/c1-9(17-14(18)21-15(2,3)4)10-5-6-11(16)13-12(10)19-7-8-20-13/h5-6,9H,7-8H2,1-4H3,(H,17,18). The summed E-state index contributed by atoms with van der Waals surface area (Å²) in [6.07, 6.45) is -0.475. The van der Waals surface area contributed by atoms with E-state index in [-0.39, 0.29) is 6.04 Å². The molecule has 112 valence electrons. The number of fused-ring (bicyclic) bond motifs is 1. The van der Waals surface area contributed by atoms with Gasteiger partial charge in [-0.25, -0.2) is 4.79 Å². The van der Waals surface area contributed by atoms with E-state index >= 15 is 0 Å². The summed E-state index contributed by atoms with van der Waals surface area (Å²) in [4.78, 5) is 11.8. The van der Waals surface area contributed by atoms with Gasteiger partial charge in [0.15, 0.2) is 11.5 Å². The molecule has 2 rings (SSSR count). The lowest BCUT2D eigenvalue weighted by molar-refractivity contribution is 0.0506. The van der Waals surface area contributed by atoms with Crippen LogP contribution in [0, 0.1) is 0 Å². The highest BCUT2D eigenvalue weighted by Gasteiger charge is 2.24. The Morgan fingerprint density at radius 3 is 2.52 bits per heavy atom. The molecule has 0 aliphatic carbocycles. The average molecular weight is 289 g/mol. The quantitative estimate of drug-likeness (QED) is 0.844. The van der Waals surface area contributed by atoms with Gasteiger partial charge < -0.3 is 19.5 Å². The second kappa shape index (κ2) is 5.88. The normalized spacial score (nSPS) is 15.2. The first-order chi connectivity index (χ1) is 9.78. The Balaban J connectivity index is 2.16. The molecule has 0 aromatic heterocycles. The van der Waals surface area contributed by atoms with Crippen LogP contribution in [0.15, 0.2) is 12.1 Å². The zero-order valence-electron chi connectivity index (χ0n) is 12.9. The molecule has 1 amide bonds. The van der Waals surface area contributed by atoms with Gasteiger partial charge in [0.2, 0.25) is 0 Å². The summed E-state index contributed by atoms with van der Waals surface area (Å²) in [5.41, 5.74) is 0.798. The van der Waals surface area contributed by atoms with Crippen molar-refractivity contribution in [1.29, 1.82) is 0 Å². The van der Waals surface area contributed by atoms with E-state index in [1.807, 2.05) is 33.8 Å². The van der Waals surface area contributed by atoms with E-state index in [0.29, 0.717) is 30.2 Å². The van der Waals surface area contributed by atoms with Crippen LogP contribution >= 0.6 is 0 Å². The van der Waals surface area contributed by atoms with Gasteiger partial charge in [0.1, 0.15) is 26.7 Å². The predicted octanol–water partition coefficient (Wildman–Crippen LogP) is 1.84. The molecule has 1 N–H and O–H groups in total. The Kier molecular flexibility index (Phi) is 4.35. The van der Waals surface area contributed by atoms with E-state index in [9.17, 15) is 4.79 Å². The van der Waals surface area contributed by atoms with Crippen molar-refractivity contribution < 1.29 is 19.0 Å². The van der Waals surface area contributed by atoms with Crippen molar-refractivity contribution in [2.75, 3.05) is 13.2 Å². The molecule has 6 heteroatoms. The van der Waals surface area contributed by atoms with Crippen molar-refractivity contribution in [2.45, 2.75) is 39.3 Å². The lowest BCUT2D eigenvalue weighted by Crippen LogP contribution is -2.34. The van der Waals surface area contributed by atoms with Crippen LogP contribution in [0.2, 0.25) is 0 Å². The van der Waals surface area contributed by atoms with Crippen molar-refractivity contribution in [3.05, 3.63) is 17.7 Å². The molecule has 1 unspecified atom stereocenters. The van der Waals surface area contributed by atoms with Gasteiger partial charge >= 0.3 is 6.09 Å². The zero-order chi connectivity index (χ0) is 15.6. The highest BCUT2D eigenvalue weighted by atomic mass is 16.6. The topological polar surface area (TPSA) is 56.8 Å². The average Bonchev–Trinajstić information content (AvgIpc) is 2.37. The minimum absolute atomic E-state index is 0.282. The van der Waals surface area contributed by atoms with Crippen LogP contribution in [-0.4, -0.2) is 32.8 Å². The molecule has 0 saturated heterocycles. The smallest absolute Gasteiger partial charge is 0.408 e. The van der Waals surface area contributed by atoms with Crippen LogP contribution in [0.3, 0.4) is 0 Å². The first-order valence-corrected chi connectivity index (χ1v) is 6.95. The Morgan fingerprint density at radius 1 is 1.29 bits per heavy atom. The maximum absolute atomic E-state index is 11.8. The summed E-state index contributed by atoms with van der Waals surface area (Å²) in [5.74, 6) is 1.13. The lowest BCUT2D eigenvalue weighted by Gasteiger charge is -2.26. The number of nitrogens with one attached hydrogen (secondary N) is 1. The molecule has 5 nitrogen and oxygen atoms in total. The van der Waals surface area contributed by atoms with E-state index < -0.39 is 11.7 Å². The largest absolute Gasteiger partial charge is 0.487 e. The Hall–Kier alpha value is -1.85. The molecule has 1 aliphatic heterocycles. The number of rotatable bonds is 2. The fourth-order valence-electron chi connectivity index (χ4n) is 2.08. The van der Waals surface area contributed by atoms with Crippen LogP contribution in [0.25, 0.3) is 0 Å². The van der Waals surface area contributed by atoms with Crippen molar-refractivity contribution >= 4 is 19.4 Å². The first kappa shape index (κ1) is 15.5. The van der Waals surface area contributed by atoms with Crippen LogP contribution in [-0.2, 0) is 4.74 Å². The van der Waals surface area contributed by atoms with E-state index in [1.54, 1.807) is 6.07 Å².